The number of aryl methyl sites for hydroxylation is 1. The molecule has 0 bridgehead atoms. The molecule has 1 aromatic rings. The highest BCUT2D eigenvalue weighted by atomic mass is 16.5. The van der Waals surface area contributed by atoms with Crippen molar-refractivity contribution >= 4 is 23.6 Å². The minimum atomic E-state index is -0.412. The van der Waals surface area contributed by atoms with E-state index in [0.29, 0.717) is 37.4 Å². The first-order chi connectivity index (χ1) is 12.9. The number of likely N-dealkylation sites (tertiary alicyclic amines) is 1. The summed E-state index contributed by atoms with van der Waals surface area (Å²) in [6.07, 6.45) is 1.62. The second kappa shape index (κ2) is 9.39. The molecule has 0 aromatic heterocycles. The molecule has 27 heavy (non-hydrogen) atoms. The number of esters is 1. The minimum Gasteiger partial charge on any atom is -0.465 e. The number of carbonyl (C=O) groups is 3. The van der Waals surface area contributed by atoms with Crippen LogP contribution in [0, 0.1) is 12.8 Å². The molecule has 1 fully saturated rings. The van der Waals surface area contributed by atoms with E-state index in [4.69, 9.17) is 4.74 Å². The Labute approximate surface area is 160 Å². The van der Waals surface area contributed by atoms with E-state index < -0.39 is 5.97 Å². The summed E-state index contributed by atoms with van der Waals surface area (Å²) >= 11 is 0. The maximum absolute atomic E-state index is 12.7. The summed E-state index contributed by atoms with van der Waals surface area (Å²) in [7, 11) is 1.33. The number of methoxy groups -OCH3 is 1. The minimum absolute atomic E-state index is 0.121. The van der Waals surface area contributed by atoms with E-state index in [1.807, 2.05) is 25.7 Å². The van der Waals surface area contributed by atoms with E-state index in [9.17, 15) is 14.4 Å². The highest BCUT2D eigenvalue weighted by Gasteiger charge is 2.30. The lowest BCUT2D eigenvalue weighted by molar-refractivity contribution is -0.136. The second-order valence-electron chi connectivity index (χ2n) is 6.75. The molecule has 2 rings (SSSR count). The van der Waals surface area contributed by atoms with Gasteiger partial charge in [-0.1, -0.05) is 0 Å². The van der Waals surface area contributed by atoms with Crippen LogP contribution in [0.25, 0.3) is 0 Å². The van der Waals surface area contributed by atoms with Gasteiger partial charge in [-0.25, -0.2) is 9.59 Å². The quantitative estimate of drug-likeness (QED) is 0.803. The summed E-state index contributed by atoms with van der Waals surface area (Å²) in [5.74, 6) is -0.437. The zero-order valence-corrected chi connectivity index (χ0v) is 16.6. The molecule has 1 heterocycles. The molecule has 1 saturated heterocycles. The van der Waals surface area contributed by atoms with Crippen LogP contribution in [0.4, 0.5) is 10.5 Å². The first-order valence-corrected chi connectivity index (χ1v) is 9.44. The van der Waals surface area contributed by atoms with Gasteiger partial charge in [0.1, 0.15) is 0 Å². The molecule has 3 amide bonds. The Balaban J connectivity index is 2.03. The predicted molar refractivity (Wildman–Crippen MR) is 104 cm³/mol. The van der Waals surface area contributed by atoms with Crippen LogP contribution in [-0.2, 0) is 9.53 Å². The molecule has 7 heteroatoms. The maximum atomic E-state index is 12.7. The van der Waals surface area contributed by atoms with Crippen LogP contribution >= 0.6 is 0 Å². The first-order valence-electron chi connectivity index (χ1n) is 9.44. The average molecular weight is 375 g/mol. The Kier molecular flexibility index (Phi) is 7.21. The van der Waals surface area contributed by atoms with Crippen molar-refractivity contribution in [1.29, 1.82) is 0 Å². The molecule has 148 valence electrons. The lowest BCUT2D eigenvalue weighted by Crippen LogP contribution is -2.48. The smallest absolute Gasteiger partial charge is 0.337 e. The SMILES string of the molecule is CCN(CC)C(=O)[C@H]1CCCN(C(=O)Nc2ccc(C(=O)OC)cc2C)C1. The van der Waals surface area contributed by atoms with Crippen LogP contribution in [0.3, 0.4) is 0 Å². The number of nitrogens with zero attached hydrogens (tertiary/aromatic N) is 2. The van der Waals surface area contributed by atoms with Gasteiger partial charge in [-0.3, -0.25) is 4.79 Å². The van der Waals surface area contributed by atoms with E-state index in [1.54, 1.807) is 23.1 Å². The van der Waals surface area contributed by atoms with Gasteiger partial charge in [0.25, 0.3) is 0 Å². The van der Waals surface area contributed by atoms with Crippen molar-refractivity contribution in [1.82, 2.24) is 9.80 Å². The molecule has 1 aliphatic rings. The topological polar surface area (TPSA) is 79.0 Å². The number of hydrogen-bond acceptors (Lipinski definition) is 4. The molecular formula is C20H29N3O4. The molecule has 1 atom stereocenters. The normalized spacial score (nSPS) is 16.6. The van der Waals surface area contributed by atoms with E-state index in [-0.39, 0.29) is 17.9 Å². The van der Waals surface area contributed by atoms with Gasteiger partial charge in [0.2, 0.25) is 5.91 Å². The van der Waals surface area contributed by atoms with Gasteiger partial charge in [0.05, 0.1) is 18.6 Å². The number of rotatable bonds is 5. The Morgan fingerprint density at radius 1 is 1.26 bits per heavy atom. The first kappa shape index (κ1) is 20.7. The number of hydrogen-bond donors (Lipinski definition) is 1. The molecule has 0 spiro atoms. The van der Waals surface area contributed by atoms with Crippen molar-refractivity contribution in [3.8, 4) is 0 Å². The number of piperidine rings is 1. The average Bonchev–Trinajstić information content (AvgIpc) is 2.69. The number of anilines is 1. The summed E-state index contributed by atoms with van der Waals surface area (Å²) in [6.45, 7) is 8.19. The van der Waals surface area contributed by atoms with Crippen molar-refractivity contribution in [2.45, 2.75) is 33.6 Å². The van der Waals surface area contributed by atoms with Crippen molar-refractivity contribution in [3.05, 3.63) is 29.3 Å². The molecule has 7 nitrogen and oxygen atoms in total. The van der Waals surface area contributed by atoms with Crippen LogP contribution in [0.15, 0.2) is 18.2 Å². The number of urea groups is 1. The van der Waals surface area contributed by atoms with Crippen molar-refractivity contribution in [3.63, 3.8) is 0 Å². The van der Waals surface area contributed by atoms with Gasteiger partial charge in [0.15, 0.2) is 0 Å². The zero-order valence-electron chi connectivity index (χ0n) is 16.6. The van der Waals surface area contributed by atoms with Crippen LogP contribution in [0.2, 0.25) is 0 Å². The standard InChI is InChI=1S/C20H29N3O4/c1-5-22(6-2)18(24)16-8-7-11-23(13-16)20(26)21-17-10-9-15(12-14(17)3)19(25)27-4/h9-10,12,16H,5-8,11,13H2,1-4H3,(H,21,26)/t16-/m0/s1. The van der Waals surface area contributed by atoms with Crippen molar-refractivity contribution in [2.75, 3.05) is 38.6 Å². The van der Waals surface area contributed by atoms with Crippen LogP contribution in [0.5, 0.6) is 0 Å². The van der Waals surface area contributed by atoms with Gasteiger partial charge in [-0.2, -0.15) is 0 Å². The summed E-state index contributed by atoms with van der Waals surface area (Å²) < 4.78 is 4.71. The lowest BCUT2D eigenvalue weighted by Gasteiger charge is -2.34. The molecule has 0 radical (unpaired) electrons. The molecule has 1 N–H and O–H groups in total. The van der Waals surface area contributed by atoms with Gasteiger partial charge in [-0.15, -0.1) is 0 Å². The third-order valence-electron chi connectivity index (χ3n) is 5.02. The Bertz CT molecular complexity index is 700. The summed E-state index contributed by atoms with van der Waals surface area (Å²) in [4.78, 5) is 40.4. The Hall–Kier alpha value is -2.57. The number of nitrogens with one attached hydrogen (secondary N) is 1. The Morgan fingerprint density at radius 2 is 1.96 bits per heavy atom. The fraction of sp³-hybridized carbons (Fsp3) is 0.550. The van der Waals surface area contributed by atoms with Gasteiger partial charge in [0, 0.05) is 31.9 Å². The highest BCUT2D eigenvalue weighted by molar-refractivity contribution is 5.93. The number of amides is 3. The third-order valence-corrected chi connectivity index (χ3v) is 5.02. The molecule has 0 unspecified atom stereocenters. The van der Waals surface area contributed by atoms with Crippen LogP contribution in [-0.4, -0.2) is 61.0 Å². The Morgan fingerprint density at radius 3 is 2.56 bits per heavy atom. The van der Waals surface area contributed by atoms with E-state index in [0.717, 1.165) is 18.4 Å². The number of benzene rings is 1. The van der Waals surface area contributed by atoms with Gasteiger partial charge < -0.3 is 19.9 Å². The summed E-state index contributed by atoms with van der Waals surface area (Å²) in [5.41, 5.74) is 1.86. The van der Waals surface area contributed by atoms with E-state index in [2.05, 4.69) is 5.32 Å². The summed E-state index contributed by atoms with van der Waals surface area (Å²) in [5, 5.41) is 2.89. The van der Waals surface area contributed by atoms with E-state index in [1.165, 1.54) is 7.11 Å². The monoisotopic (exact) mass is 375 g/mol. The van der Waals surface area contributed by atoms with Crippen LogP contribution in [0.1, 0.15) is 42.6 Å². The molecule has 0 saturated carbocycles. The number of carbonyl (C=O) groups excluding carboxylic acids is 3. The second-order valence-corrected chi connectivity index (χ2v) is 6.75. The predicted octanol–water partition coefficient (Wildman–Crippen LogP) is 2.89. The number of ether oxygens (including phenoxy) is 1. The van der Waals surface area contributed by atoms with E-state index >= 15 is 0 Å². The highest BCUT2D eigenvalue weighted by Crippen LogP contribution is 2.22. The fourth-order valence-corrected chi connectivity index (χ4v) is 3.40. The fourth-order valence-electron chi connectivity index (χ4n) is 3.40. The third kappa shape index (κ3) is 4.99. The zero-order chi connectivity index (χ0) is 20.0. The molecule has 1 aliphatic heterocycles. The van der Waals surface area contributed by atoms with Crippen LogP contribution < -0.4 is 5.32 Å². The van der Waals surface area contributed by atoms with Gasteiger partial charge in [-0.05, 0) is 57.4 Å². The molecular weight excluding hydrogens is 346 g/mol. The molecule has 1 aromatic carbocycles. The lowest BCUT2D eigenvalue weighted by atomic mass is 9.96. The largest absolute Gasteiger partial charge is 0.465 e. The van der Waals surface area contributed by atoms with Crippen molar-refractivity contribution < 1.29 is 19.1 Å². The maximum Gasteiger partial charge on any atom is 0.337 e. The summed E-state index contributed by atoms with van der Waals surface area (Å²) in [6, 6.07) is 4.78. The molecule has 0 aliphatic carbocycles. The van der Waals surface area contributed by atoms with Crippen molar-refractivity contribution in [2.24, 2.45) is 5.92 Å². The van der Waals surface area contributed by atoms with Gasteiger partial charge >= 0.3 is 12.0 Å².